The molecule has 146 valence electrons. The van der Waals surface area contributed by atoms with Gasteiger partial charge in [0.25, 0.3) is 5.91 Å². The molecule has 1 aliphatic rings. The molecule has 0 aliphatic carbocycles. The number of ether oxygens (including phenoxy) is 2. The minimum Gasteiger partial charge on any atom is -0.406 e. The van der Waals surface area contributed by atoms with Gasteiger partial charge in [-0.25, -0.2) is 0 Å². The van der Waals surface area contributed by atoms with Crippen LogP contribution in [0.1, 0.15) is 10.4 Å². The number of rotatable bonds is 3. The number of nitrogens with zero attached hydrogens (tertiary/aromatic N) is 4. The van der Waals surface area contributed by atoms with E-state index in [2.05, 4.69) is 14.9 Å². The van der Waals surface area contributed by atoms with Crippen molar-refractivity contribution in [3.05, 3.63) is 48.2 Å². The first-order chi connectivity index (χ1) is 13.4. The van der Waals surface area contributed by atoms with Crippen LogP contribution < -0.4 is 4.74 Å². The normalized spacial score (nSPS) is 15.0. The summed E-state index contributed by atoms with van der Waals surface area (Å²) >= 11 is 0. The van der Waals surface area contributed by atoms with E-state index in [-0.39, 0.29) is 11.7 Å². The Kier molecular flexibility index (Phi) is 4.63. The van der Waals surface area contributed by atoms with Crippen LogP contribution in [0.15, 0.2) is 42.6 Å². The molecule has 10 heteroatoms. The molecule has 1 saturated heterocycles. The first-order valence-corrected chi connectivity index (χ1v) is 8.49. The van der Waals surface area contributed by atoms with Gasteiger partial charge in [0.05, 0.1) is 18.8 Å². The van der Waals surface area contributed by atoms with Crippen molar-refractivity contribution in [2.24, 2.45) is 0 Å². The molecule has 0 N–H and O–H groups in total. The summed E-state index contributed by atoms with van der Waals surface area (Å²) in [6, 6.07) is 8.74. The summed E-state index contributed by atoms with van der Waals surface area (Å²) in [6.07, 6.45) is -3.21. The number of morpholine rings is 1. The number of pyridine rings is 1. The van der Waals surface area contributed by atoms with E-state index in [9.17, 15) is 18.0 Å². The average Bonchev–Trinajstić information content (AvgIpc) is 3.10. The lowest BCUT2D eigenvalue weighted by Crippen LogP contribution is -2.40. The van der Waals surface area contributed by atoms with Crippen LogP contribution in [0.5, 0.6) is 5.75 Å². The number of fused-ring (bicyclic) bond motifs is 1. The maximum Gasteiger partial charge on any atom is 0.573 e. The lowest BCUT2D eigenvalue weighted by molar-refractivity contribution is -0.274. The molecule has 0 spiro atoms. The first kappa shape index (κ1) is 18.2. The lowest BCUT2D eigenvalue weighted by atomic mass is 10.2. The number of carbonyl (C=O) groups is 1. The molecule has 3 heterocycles. The van der Waals surface area contributed by atoms with Gasteiger partial charge >= 0.3 is 6.36 Å². The quantitative estimate of drug-likeness (QED) is 0.686. The molecule has 0 saturated carbocycles. The van der Waals surface area contributed by atoms with E-state index in [0.29, 0.717) is 48.9 Å². The van der Waals surface area contributed by atoms with Crippen LogP contribution in [0, 0.1) is 0 Å². The minimum absolute atomic E-state index is 0.154. The summed E-state index contributed by atoms with van der Waals surface area (Å²) in [5.74, 6) is -0.208. The van der Waals surface area contributed by atoms with Gasteiger partial charge in [-0.15, -0.1) is 23.4 Å². The van der Waals surface area contributed by atoms with Crippen LogP contribution in [-0.2, 0) is 4.74 Å². The lowest BCUT2D eigenvalue weighted by Gasteiger charge is -2.26. The second kappa shape index (κ2) is 7.12. The molecule has 1 aliphatic heterocycles. The molecule has 2 aromatic heterocycles. The van der Waals surface area contributed by atoms with Gasteiger partial charge in [-0.2, -0.15) is 0 Å². The molecule has 0 radical (unpaired) electrons. The third kappa shape index (κ3) is 3.77. The van der Waals surface area contributed by atoms with Crippen LogP contribution in [0.25, 0.3) is 17.0 Å². The fourth-order valence-corrected chi connectivity index (χ4v) is 3.00. The van der Waals surface area contributed by atoms with Gasteiger partial charge in [-0.05, 0) is 24.3 Å². The molecule has 28 heavy (non-hydrogen) atoms. The molecule has 0 atom stereocenters. The SMILES string of the molecule is O=C(c1ccc2nnc(-c3cccc(OC(F)(F)F)c3)n2c1)N1CCOCC1. The highest BCUT2D eigenvalue weighted by Gasteiger charge is 2.31. The van der Waals surface area contributed by atoms with E-state index in [1.54, 1.807) is 33.7 Å². The summed E-state index contributed by atoms with van der Waals surface area (Å²) in [7, 11) is 0. The molecule has 3 aromatic rings. The predicted molar refractivity (Wildman–Crippen MR) is 91.8 cm³/mol. The highest BCUT2D eigenvalue weighted by atomic mass is 19.4. The summed E-state index contributed by atoms with van der Waals surface area (Å²) in [5.41, 5.74) is 1.28. The van der Waals surface area contributed by atoms with Crippen LogP contribution >= 0.6 is 0 Å². The summed E-state index contributed by atoms with van der Waals surface area (Å²) in [6.45, 7) is 1.97. The second-order valence-electron chi connectivity index (χ2n) is 6.15. The first-order valence-electron chi connectivity index (χ1n) is 8.49. The maximum atomic E-state index is 12.7. The molecule has 0 unspecified atom stereocenters. The van der Waals surface area contributed by atoms with Gasteiger partial charge in [0.2, 0.25) is 0 Å². The van der Waals surface area contributed by atoms with Crippen LogP contribution in [-0.4, -0.2) is 58.1 Å². The fourth-order valence-electron chi connectivity index (χ4n) is 3.00. The molecular weight excluding hydrogens is 377 g/mol. The van der Waals surface area contributed by atoms with Crippen molar-refractivity contribution in [2.45, 2.75) is 6.36 Å². The Hall–Kier alpha value is -3.14. The Bertz CT molecular complexity index is 1010. The number of hydrogen-bond acceptors (Lipinski definition) is 5. The van der Waals surface area contributed by atoms with Crippen molar-refractivity contribution < 1.29 is 27.4 Å². The molecule has 1 amide bonds. The summed E-state index contributed by atoms with van der Waals surface area (Å²) in [4.78, 5) is 14.4. The van der Waals surface area contributed by atoms with Crippen molar-refractivity contribution in [3.8, 4) is 17.1 Å². The number of carbonyl (C=O) groups excluding carboxylic acids is 1. The average molecular weight is 392 g/mol. The largest absolute Gasteiger partial charge is 0.573 e. The van der Waals surface area contributed by atoms with E-state index in [0.717, 1.165) is 0 Å². The van der Waals surface area contributed by atoms with Crippen molar-refractivity contribution in [3.63, 3.8) is 0 Å². The number of hydrogen-bond donors (Lipinski definition) is 0. The number of aromatic nitrogens is 3. The molecular formula is C18H15F3N4O3. The Morgan fingerprint density at radius 1 is 1.11 bits per heavy atom. The van der Waals surface area contributed by atoms with Gasteiger partial charge in [0, 0.05) is 24.8 Å². The van der Waals surface area contributed by atoms with Crippen molar-refractivity contribution in [1.29, 1.82) is 0 Å². The molecule has 0 bridgehead atoms. The second-order valence-corrected chi connectivity index (χ2v) is 6.15. The van der Waals surface area contributed by atoms with Crippen LogP contribution in [0.2, 0.25) is 0 Å². The smallest absolute Gasteiger partial charge is 0.406 e. The molecule has 1 fully saturated rings. The van der Waals surface area contributed by atoms with E-state index >= 15 is 0 Å². The van der Waals surface area contributed by atoms with Crippen molar-refractivity contribution in [2.75, 3.05) is 26.3 Å². The van der Waals surface area contributed by atoms with Gasteiger partial charge in [-0.1, -0.05) is 12.1 Å². The Morgan fingerprint density at radius 2 is 1.89 bits per heavy atom. The summed E-state index contributed by atoms with van der Waals surface area (Å²) < 4.78 is 48.2. The van der Waals surface area contributed by atoms with E-state index in [4.69, 9.17) is 4.74 Å². The van der Waals surface area contributed by atoms with Crippen molar-refractivity contribution >= 4 is 11.6 Å². The van der Waals surface area contributed by atoms with Gasteiger partial charge in [0.1, 0.15) is 5.75 Å². The third-order valence-corrected chi connectivity index (χ3v) is 4.27. The van der Waals surface area contributed by atoms with Gasteiger partial charge in [-0.3, -0.25) is 9.20 Å². The zero-order valence-corrected chi connectivity index (χ0v) is 14.5. The number of amides is 1. The Labute approximate surface area is 157 Å². The topological polar surface area (TPSA) is 69.0 Å². The molecule has 4 rings (SSSR count). The monoisotopic (exact) mass is 392 g/mol. The predicted octanol–water partition coefficient (Wildman–Crippen LogP) is 2.77. The highest BCUT2D eigenvalue weighted by molar-refractivity contribution is 5.94. The van der Waals surface area contributed by atoms with Crippen LogP contribution in [0.3, 0.4) is 0 Å². The Balaban J connectivity index is 1.69. The zero-order chi connectivity index (χ0) is 19.7. The number of benzene rings is 1. The number of halogens is 3. The van der Waals surface area contributed by atoms with Gasteiger partial charge < -0.3 is 14.4 Å². The van der Waals surface area contributed by atoms with E-state index < -0.39 is 6.36 Å². The van der Waals surface area contributed by atoms with Crippen molar-refractivity contribution in [1.82, 2.24) is 19.5 Å². The van der Waals surface area contributed by atoms with Crippen LogP contribution in [0.4, 0.5) is 13.2 Å². The summed E-state index contributed by atoms with van der Waals surface area (Å²) in [5, 5.41) is 8.06. The number of alkyl halides is 3. The standard InChI is InChI=1S/C18H15F3N4O3/c19-18(20,21)28-14-3-1-2-12(10-14)16-23-22-15-5-4-13(11-25(15)16)17(26)24-6-8-27-9-7-24/h1-5,10-11H,6-9H2. The maximum absolute atomic E-state index is 12.7. The fraction of sp³-hybridized carbons (Fsp3) is 0.278. The van der Waals surface area contributed by atoms with E-state index in [1.165, 1.54) is 18.2 Å². The molecule has 1 aromatic carbocycles. The highest BCUT2D eigenvalue weighted by Crippen LogP contribution is 2.27. The van der Waals surface area contributed by atoms with Gasteiger partial charge in [0.15, 0.2) is 11.5 Å². The Morgan fingerprint density at radius 3 is 2.64 bits per heavy atom. The minimum atomic E-state index is -4.79. The van der Waals surface area contributed by atoms with E-state index in [1.807, 2.05) is 0 Å². The molecule has 7 nitrogen and oxygen atoms in total. The third-order valence-electron chi connectivity index (χ3n) is 4.27. The zero-order valence-electron chi connectivity index (χ0n) is 14.5.